The highest BCUT2D eigenvalue weighted by Crippen LogP contribution is 2.38. The van der Waals surface area contributed by atoms with Gasteiger partial charge in [0.25, 0.3) is 0 Å². The van der Waals surface area contributed by atoms with E-state index >= 15 is 0 Å². The van der Waals surface area contributed by atoms with Gasteiger partial charge >= 0.3 is 0 Å². The molecule has 1 aliphatic rings. The number of allylic oxidation sites excluding steroid dienone is 2. The molecule has 142 valence electrons. The zero-order valence-corrected chi connectivity index (χ0v) is 16.3. The average molecular weight is 361 g/mol. The summed E-state index contributed by atoms with van der Waals surface area (Å²) in [5.41, 5.74) is 3.71. The largest absolute Gasteiger partial charge is 0.511 e. The molecule has 0 spiro atoms. The van der Waals surface area contributed by atoms with Crippen molar-refractivity contribution in [3.63, 3.8) is 0 Å². The molecule has 2 rings (SSSR count). The van der Waals surface area contributed by atoms with Crippen LogP contribution in [0, 0.1) is 26.6 Å². The van der Waals surface area contributed by atoms with Gasteiger partial charge in [-0.3, -0.25) is 4.79 Å². The number of nitrogens with zero attached hydrogens (tertiary/aromatic N) is 1. The number of hydrogen-bond donors (Lipinski definition) is 1. The zero-order valence-electron chi connectivity index (χ0n) is 16.3. The van der Waals surface area contributed by atoms with Gasteiger partial charge < -0.3 is 9.94 Å². The zero-order chi connectivity index (χ0) is 19.4. The summed E-state index contributed by atoms with van der Waals surface area (Å²) in [6.07, 6.45) is 1.90. The molecule has 0 saturated heterocycles. The summed E-state index contributed by atoms with van der Waals surface area (Å²) in [6.45, 7) is 9.61. The Kier molecular flexibility index (Phi) is 6.57. The van der Waals surface area contributed by atoms with Gasteiger partial charge in [-0.05, 0) is 62.3 Å². The van der Waals surface area contributed by atoms with Crippen LogP contribution in [0.3, 0.4) is 0 Å². The lowest BCUT2D eigenvalue weighted by Gasteiger charge is -2.27. The van der Waals surface area contributed by atoms with E-state index in [0.717, 1.165) is 17.5 Å². The second-order valence-electron chi connectivity index (χ2n) is 6.92. The number of Topliss-reactive ketones (excluding diaryl/α,β-unsaturated/α-hetero) is 1. The molecule has 0 aliphatic heterocycles. The minimum Gasteiger partial charge on any atom is -0.511 e. The third-order valence-corrected chi connectivity index (χ3v) is 4.86. The van der Waals surface area contributed by atoms with E-state index in [4.69, 9.17) is 4.84 Å². The smallest absolute Gasteiger partial charge is 0.168 e. The minimum atomic E-state index is -0.239. The van der Waals surface area contributed by atoms with Crippen molar-refractivity contribution in [3.8, 4) is 0 Å². The van der Waals surface area contributed by atoms with Crippen LogP contribution in [0.2, 0.25) is 0 Å². The molecule has 0 aromatic heterocycles. The van der Waals surface area contributed by atoms with Crippen LogP contribution in [0.25, 0.3) is 0 Å². The summed E-state index contributed by atoms with van der Waals surface area (Å²) in [4.78, 5) is 17.9. The first-order valence-electron chi connectivity index (χ1n) is 9.22. The van der Waals surface area contributed by atoms with Crippen molar-refractivity contribution >= 4 is 11.5 Å². The molecule has 1 aromatic rings. The molecule has 0 fully saturated rings. The second-order valence-corrected chi connectivity index (χ2v) is 6.92. The lowest BCUT2D eigenvalue weighted by molar-refractivity contribution is -0.116. The van der Waals surface area contributed by atoms with Gasteiger partial charge in [0, 0.05) is 12.8 Å². The summed E-state index contributed by atoms with van der Waals surface area (Å²) >= 11 is 0. The highest BCUT2D eigenvalue weighted by atomic mass is 19.1. The summed E-state index contributed by atoms with van der Waals surface area (Å²) < 4.78 is 14.4. The Morgan fingerprint density at radius 1 is 1.27 bits per heavy atom. The van der Waals surface area contributed by atoms with E-state index in [0.29, 0.717) is 36.3 Å². The molecule has 4 nitrogen and oxygen atoms in total. The van der Waals surface area contributed by atoms with Crippen molar-refractivity contribution in [1.82, 2.24) is 0 Å². The van der Waals surface area contributed by atoms with Crippen LogP contribution in [0.15, 0.2) is 22.6 Å². The van der Waals surface area contributed by atoms with E-state index in [1.807, 2.05) is 20.8 Å². The van der Waals surface area contributed by atoms with E-state index < -0.39 is 0 Å². The van der Waals surface area contributed by atoms with Crippen LogP contribution in [-0.2, 0) is 9.63 Å². The van der Waals surface area contributed by atoms with Crippen molar-refractivity contribution in [2.45, 2.75) is 66.2 Å². The molecule has 1 aromatic carbocycles. The van der Waals surface area contributed by atoms with Gasteiger partial charge in [0.05, 0.1) is 11.3 Å². The highest BCUT2D eigenvalue weighted by molar-refractivity contribution is 6.23. The molecular formula is C21H28FNO3. The monoisotopic (exact) mass is 361 g/mol. The Bertz CT molecular complexity index is 765. The number of carbonyl (C=O) groups excluding carboxylic acids is 1. The summed E-state index contributed by atoms with van der Waals surface area (Å²) in [6, 6.07) is 1.80. The Morgan fingerprint density at radius 2 is 1.96 bits per heavy atom. The Balaban J connectivity index is 2.43. The molecule has 5 heteroatoms. The van der Waals surface area contributed by atoms with E-state index in [1.165, 1.54) is 0 Å². The molecular weight excluding hydrogens is 333 g/mol. The number of aliphatic hydroxyl groups excluding tert-OH is 1. The summed E-state index contributed by atoms with van der Waals surface area (Å²) in [5, 5.41) is 14.6. The first-order valence-corrected chi connectivity index (χ1v) is 9.22. The van der Waals surface area contributed by atoms with Gasteiger partial charge in [0.2, 0.25) is 0 Å². The highest BCUT2D eigenvalue weighted by Gasteiger charge is 2.33. The molecule has 1 atom stereocenters. The van der Waals surface area contributed by atoms with Crippen molar-refractivity contribution in [3.05, 3.63) is 45.5 Å². The minimum absolute atomic E-state index is 0.0259. The normalized spacial score (nSPS) is 18.5. The maximum absolute atomic E-state index is 14.4. The van der Waals surface area contributed by atoms with Crippen LogP contribution in [0.1, 0.15) is 67.7 Å². The van der Waals surface area contributed by atoms with E-state index in [9.17, 15) is 14.3 Å². The van der Waals surface area contributed by atoms with Gasteiger partial charge in [-0.15, -0.1) is 0 Å². The third kappa shape index (κ3) is 3.97. The molecule has 0 radical (unpaired) electrons. The predicted octanol–water partition coefficient (Wildman–Crippen LogP) is 5.20. The van der Waals surface area contributed by atoms with Gasteiger partial charge in [-0.1, -0.05) is 24.6 Å². The number of ketones is 1. The van der Waals surface area contributed by atoms with Crippen LogP contribution in [0.5, 0.6) is 0 Å². The number of oxime groups is 1. The van der Waals surface area contributed by atoms with Gasteiger partial charge in [0.15, 0.2) is 5.78 Å². The summed E-state index contributed by atoms with van der Waals surface area (Å²) in [5.74, 6) is -0.600. The molecule has 1 aliphatic carbocycles. The van der Waals surface area contributed by atoms with Crippen molar-refractivity contribution < 1.29 is 19.1 Å². The van der Waals surface area contributed by atoms with Crippen LogP contribution in [0.4, 0.5) is 4.39 Å². The molecule has 1 N–H and O–H groups in total. The number of aryl methyl sites for hydroxylation is 2. The van der Waals surface area contributed by atoms with Gasteiger partial charge in [-0.2, -0.15) is 0 Å². The lowest BCUT2D eigenvalue weighted by Crippen LogP contribution is -2.25. The Labute approximate surface area is 154 Å². The number of benzene rings is 1. The standard InChI is InChI=1S/C21H28FNO3/c1-6-8-16(23-26-7-2)20-17(24)10-15(11-18(20)25)19-12(3)9-13(4)21(22)14(19)5/h9,15,24H,6-8,10-11H2,1-5H3. The average Bonchev–Trinajstić information content (AvgIpc) is 2.57. The van der Waals surface area contributed by atoms with E-state index in [2.05, 4.69) is 5.16 Å². The third-order valence-electron chi connectivity index (χ3n) is 4.86. The Morgan fingerprint density at radius 3 is 2.54 bits per heavy atom. The van der Waals surface area contributed by atoms with Crippen molar-refractivity contribution in [2.75, 3.05) is 6.61 Å². The van der Waals surface area contributed by atoms with E-state index in [1.54, 1.807) is 19.9 Å². The number of halogens is 1. The fourth-order valence-corrected chi connectivity index (χ4v) is 3.83. The van der Waals surface area contributed by atoms with Gasteiger partial charge in [-0.25, -0.2) is 4.39 Å². The molecule has 0 bridgehead atoms. The fourth-order valence-electron chi connectivity index (χ4n) is 3.83. The lowest BCUT2D eigenvalue weighted by atomic mass is 9.77. The molecule has 0 heterocycles. The first-order chi connectivity index (χ1) is 12.3. The second kappa shape index (κ2) is 8.47. The maximum atomic E-state index is 14.4. The van der Waals surface area contributed by atoms with Gasteiger partial charge in [0.1, 0.15) is 18.2 Å². The SMILES string of the molecule is CCCC(=NOCC)C1=C(O)CC(c2c(C)cc(C)c(F)c2C)CC1=O. The molecule has 1 unspecified atom stereocenters. The molecule has 0 amide bonds. The molecule has 26 heavy (non-hydrogen) atoms. The number of rotatable bonds is 6. The number of aliphatic hydroxyl groups is 1. The van der Waals surface area contributed by atoms with E-state index in [-0.39, 0.29) is 35.3 Å². The Hall–Kier alpha value is -2.17. The van der Waals surface area contributed by atoms with Crippen molar-refractivity contribution in [1.29, 1.82) is 0 Å². The maximum Gasteiger partial charge on any atom is 0.168 e. The van der Waals surface area contributed by atoms with Crippen LogP contribution < -0.4 is 0 Å². The van der Waals surface area contributed by atoms with Crippen LogP contribution in [-0.4, -0.2) is 23.2 Å². The van der Waals surface area contributed by atoms with Crippen LogP contribution >= 0.6 is 0 Å². The quantitative estimate of drug-likeness (QED) is 0.559. The number of carbonyl (C=O) groups is 1. The summed E-state index contributed by atoms with van der Waals surface area (Å²) in [7, 11) is 0. The number of hydrogen-bond acceptors (Lipinski definition) is 4. The first kappa shape index (κ1) is 20.1. The fraction of sp³-hybridized carbons (Fsp3) is 0.524. The predicted molar refractivity (Wildman–Crippen MR) is 101 cm³/mol. The topological polar surface area (TPSA) is 58.9 Å². The molecule has 0 saturated carbocycles. The van der Waals surface area contributed by atoms with Crippen molar-refractivity contribution in [2.24, 2.45) is 5.16 Å².